The van der Waals surface area contributed by atoms with Crippen LogP contribution < -0.4 is 5.32 Å². The molecule has 0 aliphatic heterocycles. The molecule has 0 fully saturated rings. The Morgan fingerprint density at radius 1 is 0.773 bits per heavy atom. The second kappa shape index (κ2) is 13.8. The van der Waals surface area contributed by atoms with Gasteiger partial charge in [0.15, 0.2) is 0 Å². The van der Waals surface area contributed by atoms with E-state index in [1.165, 1.54) is 19.3 Å². The van der Waals surface area contributed by atoms with E-state index in [9.17, 15) is 9.59 Å². The van der Waals surface area contributed by atoms with Crippen LogP contribution in [0.3, 0.4) is 0 Å². The molecule has 0 aliphatic rings. The van der Waals surface area contributed by atoms with Crippen molar-refractivity contribution in [3.05, 3.63) is 0 Å². The number of hydrogen-bond acceptors (Lipinski definition) is 2. The van der Waals surface area contributed by atoms with Gasteiger partial charge in [0, 0.05) is 25.3 Å². The highest BCUT2D eigenvalue weighted by molar-refractivity contribution is 5.80. The Morgan fingerprint density at radius 2 is 1.32 bits per heavy atom. The van der Waals surface area contributed by atoms with Gasteiger partial charge in [-0.3, -0.25) is 9.59 Å². The molecule has 0 heterocycles. The van der Waals surface area contributed by atoms with Crippen LogP contribution >= 0.6 is 0 Å². The predicted molar refractivity (Wildman–Crippen MR) is 93.9 cm³/mol. The largest absolute Gasteiger partial charge is 0.356 e. The summed E-state index contributed by atoms with van der Waals surface area (Å²) in [6.07, 6.45) is 10.3. The van der Waals surface area contributed by atoms with Gasteiger partial charge in [-0.05, 0) is 31.6 Å². The maximum atomic E-state index is 11.6. The van der Waals surface area contributed by atoms with Crippen LogP contribution in [0.1, 0.15) is 91.9 Å². The van der Waals surface area contributed by atoms with Crippen LogP contribution in [-0.4, -0.2) is 18.2 Å². The molecule has 3 nitrogen and oxygen atoms in total. The molecule has 0 aromatic carbocycles. The predicted octanol–water partition coefficient (Wildman–Crippen LogP) is 4.88. The number of amides is 1. The number of rotatable bonds is 14. The lowest BCUT2D eigenvalue weighted by atomic mass is 10.0. The Kier molecular flexibility index (Phi) is 13.2. The molecule has 0 spiro atoms. The van der Waals surface area contributed by atoms with Gasteiger partial charge < -0.3 is 5.32 Å². The SMILES string of the molecule is CC(C)CCCNC(=O)CCCCCCCCC(=O)C(C)C. The maximum Gasteiger partial charge on any atom is 0.219 e. The minimum Gasteiger partial charge on any atom is -0.356 e. The summed E-state index contributed by atoms with van der Waals surface area (Å²) in [5.74, 6) is 1.48. The number of carbonyl (C=O) groups excluding carboxylic acids is 2. The van der Waals surface area contributed by atoms with Crippen molar-refractivity contribution < 1.29 is 9.59 Å². The van der Waals surface area contributed by atoms with Crippen molar-refractivity contribution in [1.29, 1.82) is 0 Å². The average molecular weight is 312 g/mol. The van der Waals surface area contributed by atoms with Gasteiger partial charge in [-0.15, -0.1) is 0 Å². The van der Waals surface area contributed by atoms with Crippen molar-refractivity contribution in [2.75, 3.05) is 6.54 Å². The first-order valence-corrected chi connectivity index (χ1v) is 9.23. The summed E-state index contributed by atoms with van der Waals surface area (Å²) >= 11 is 0. The van der Waals surface area contributed by atoms with Gasteiger partial charge in [-0.2, -0.15) is 0 Å². The molecule has 0 bridgehead atoms. The van der Waals surface area contributed by atoms with Gasteiger partial charge in [0.25, 0.3) is 0 Å². The second-order valence-electron chi connectivity index (χ2n) is 7.13. The standard InChI is InChI=1S/C19H37NO2/c1-16(2)12-11-15-20-19(22)14-10-8-6-5-7-9-13-18(21)17(3)4/h16-17H,5-15H2,1-4H3,(H,20,22). The third-order valence-corrected chi connectivity index (χ3v) is 4.00. The van der Waals surface area contributed by atoms with E-state index in [2.05, 4.69) is 19.2 Å². The molecule has 130 valence electrons. The lowest BCUT2D eigenvalue weighted by molar-refractivity contribution is -0.122. The monoisotopic (exact) mass is 311 g/mol. The number of ketones is 1. The number of nitrogens with one attached hydrogen (secondary N) is 1. The molecule has 0 atom stereocenters. The van der Waals surface area contributed by atoms with E-state index in [1.54, 1.807) is 0 Å². The van der Waals surface area contributed by atoms with Crippen LogP contribution in [0.5, 0.6) is 0 Å². The van der Waals surface area contributed by atoms with Crippen LogP contribution in [0, 0.1) is 11.8 Å². The summed E-state index contributed by atoms with van der Waals surface area (Å²) < 4.78 is 0. The van der Waals surface area contributed by atoms with Crippen LogP contribution in [0.4, 0.5) is 0 Å². The summed E-state index contributed by atoms with van der Waals surface area (Å²) in [4.78, 5) is 23.1. The Labute approximate surface area is 137 Å². The van der Waals surface area contributed by atoms with Crippen LogP contribution in [0.25, 0.3) is 0 Å². The van der Waals surface area contributed by atoms with E-state index >= 15 is 0 Å². The molecule has 0 aliphatic carbocycles. The van der Waals surface area contributed by atoms with Crippen LogP contribution in [0.15, 0.2) is 0 Å². The van der Waals surface area contributed by atoms with Gasteiger partial charge >= 0.3 is 0 Å². The Morgan fingerprint density at radius 3 is 1.86 bits per heavy atom. The highest BCUT2D eigenvalue weighted by atomic mass is 16.1. The third-order valence-electron chi connectivity index (χ3n) is 4.00. The summed E-state index contributed by atoms with van der Waals surface area (Å²) in [7, 11) is 0. The fourth-order valence-corrected chi connectivity index (χ4v) is 2.41. The van der Waals surface area contributed by atoms with Gasteiger partial charge in [0.1, 0.15) is 5.78 Å². The second-order valence-corrected chi connectivity index (χ2v) is 7.13. The summed E-state index contributed by atoms with van der Waals surface area (Å²) in [5.41, 5.74) is 0. The number of unbranched alkanes of at least 4 members (excludes halogenated alkanes) is 5. The van der Waals surface area contributed by atoms with Gasteiger partial charge in [0.2, 0.25) is 5.91 Å². The molecule has 22 heavy (non-hydrogen) atoms. The maximum absolute atomic E-state index is 11.6. The zero-order valence-corrected chi connectivity index (χ0v) is 15.2. The number of carbonyl (C=O) groups is 2. The number of Topliss-reactive ketones (excluding diaryl/α,β-unsaturated/α-hetero) is 1. The smallest absolute Gasteiger partial charge is 0.219 e. The summed E-state index contributed by atoms with van der Waals surface area (Å²) in [6, 6.07) is 0. The van der Waals surface area contributed by atoms with Crippen LogP contribution in [-0.2, 0) is 9.59 Å². The fourth-order valence-electron chi connectivity index (χ4n) is 2.41. The Balaban J connectivity index is 3.28. The van der Waals surface area contributed by atoms with E-state index in [0.29, 0.717) is 18.1 Å². The van der Waals surface area contributed by atoms with E-state index < -0.39 is 0 Å². The van der Waals surface area contributed by atoms with Gasteiger partial charge in [-0.25, -0.2) is 0 Å². The van der Waals surface area contributed by atoms with Crippen molar-refractivity contribution in [2.24, 2.45) is 11.8 Å². The molecular formula is C19H37NO2. The quantitative estimate of drug-likeness (QED) is 0.464. The topological polar surface area (TPSA) is 46.2 Å². The molecule has 1 amide bonds. The highest BCUT2D eigenvalue weighted by Crippen LogP contribution is 2.10. The van der Waals surface area contributed by atoms with E-state index in [-0.39, 0.29) is 11.8 Å². The lowest BCUT2D eigenvalue weighted by Crippen LogP contribution is -2.24. The summed E-state index contributed by atoms with van der Waals surface area (Å²) in [5, 5.41) is 3.00. The molecule has 0 aromatic heterocycles. The first-order valence-electron chi connectivity index (χ1n) is 9.23. The molecular weight excluding hydrogens is 274 g/mol. The molecule has 0 unspecified atom stereocenters. The van der Waals surface area contributed by atoms with Crippen LogP contribution in [0.2, 0.25) is 0 Å². The third kappa shape index (κ3) is 14.1. The van der Waals surface area contributed by atoms with Crippen molar-refractivity contribution in [2.45, 2.75) is 91.9 Å². The molecule has 0 radical (unpaired) electrons. The van der Waals surface area contributed by atoms with E-state index in [1.807, 2.05) is 13.8 Å². The first-order chi connectivity index (χ1) is 10.4. The lowest BCUT2D eigenvalue weighted by Gasteiger charge is -2.07. The van der Waals surface area contributed by atoms with E-state index in [0.717, 1.165) is 45.1 Å². The van der Waals surface area contributed by atoms with E-state index in [4.69, 9.17) is 0 Å². The minimum absolute atomic E-state index is 0.180. The zero-order valence-electron chi connectivity index (χ0n) is 15.2. The number of hydrogen-bond donors (Lipinski definition) is 1. The Bertz CT molecular complexity index is 298. The first kappa shape index (κ1) is 21.1. The zero-order chi connectivity index (χ0) is 16.8. The normalized spacial score (nSPS) is 11.2. The van der Waals surface area contributed by atoms with Crippen molar-refractivity contribution in [3.8, 4) is 0 Å². The molecule has 3 heteroatoms. The minimum atomic E-state index is 0.180. The molecule has 0 saturated carbocycles. The average Bonchev–Trinajstić information content (AvgIpc) is 2.45. The fraction of sp³-hybridized carbons (Fsp3) is 0.895. The van der Waals surface area contributed by atoms with Crippen molar-refractivity contribution in [3.63, 3.8) is 0 Å². The highest BCUT2D eigenvalue weighted by Gasteiger charge is 2.06. The van der Waals surface area contributed by atoms with Crippen molar-refractivity contribution in [1.82, 2.24) is 5.32 Å². The molecule has 0 rings (SSSR count). The summed E-state index contributed by atoms with van der Waals surface area (Å²) in [6.45, 7) is 9.18. The van der Waals surface area contributed by atoms with Crippen molar-refractivity contribution >= 4 is 11.7 Å². The van der Waals surface area contributed by atoms with Gasteiger partial charge in [0.05, 0.1) is 0 Å². The molecule has 0 aromatic rings. The molecule has 1 N–H and O–H groups in total. The van der Waals surface area contributed by atoms with Gasteiger partial charge in [-0.1, -0.05) is 53.4 Å². The Hall–Kier alpha value is -0.860. The molecule has 0 saturated heterocycles.